The fourth-order valence-electron chi connectivity index (χ4n) is 3.00. The highest BCUT2D eigenvalue weighted by Crippen LogP contribution is 2.37. The van der Waals surface area contributed by atoms with Crippen molar-refractivity contribution in [3.63, 3.8) is 0 Å². The van der Waals surface area contributed by atoms with Crippen LogP contribution in [0, 0.1) is 3.95 Å². The lowest BCUT2D eigenvalue weighted by atomic mass is 10.0. The predicted molar refractivity (Wildman–Crippen MR) is 116 cm³/mol. The first-order chi connectivity index (χ1) is 15.1. The quantitative estimate of drug-likeness (QED) is 0.324. The van der Waals surface area contributed by atoms with Crippen LogP contribution < -0.4 is 10.5 Å². The maximum Gasteiger partial charge on any atom is 0.416 e. The van der Waals surface area contributed by atoms with E-state index >= 15 is 0 Å². The Hall–Kier alpha value is -2.89. The number of carbonyl (C=O) groups is 1. The first kappa shape index (κ1) is 23.8. The van der Waals surface area contributed by atoms with Gasteiger partial charge in [-0.1, -0.05) is 18.2 Å². The summed E-state index contributed by atoms with van der Waals surface area (Å²) in [4.78, 5) is 14.2. The molecule has 2 aromatic carbocycles. The number of rotatable bonds is 7. The number of aromatic hydroxyl groups is 1. The average molecular weight is 485 g/mol. The highest BCUT2D eigenvalue weighted by atomic mass is 32.1. The van der Waals surface area contributed by atoms with Crippen molar-refractivity contribution >= 4 is 29.5 Å². The molecule has 4 N–H and O–H groups in total. The van der Waals surface area contributed by atoms with Crippen molar-refractivity contribution in [2.24, 2.45) is 5.73 Å². The van der Waals surface area contributed by atoms with E-state index < -0.39 is 23.8 Å². The molecule has 0 aliphatic rings. The molecule has 0 amide bonds. The maximum absolute atomic E-state index is 13.7. The van der Waals surface area contributed by atoms with Crippen molar-refractivity contribution in [2.45, 2.75) is 25.1 Å². The van der Waals surface area contributed by atoms with Gasteiger partial charge in [-0.05, 0) is 54.0 Å². The molecule has 0 aliphatic carbocycles. The van der Waals surface area contributed by atoms with Crippen LogP contribution in [-0.2, 0) is 28.5 Å². The van der Waals surface area contributed by atoms with Gasteiger partial charge < -0.3 is 25.3 Å². The van der Waals surface area contributed by atoms with Crippen molar-refractivity contribution in [3.05, 3.63) is 68.0 Å². The number of H-pyrrole nitrogens is 1. The molecule has 0 bridgehead atoms. The highest BCUT2D eigenvalue weighted by molar-refractivity contribution is 7.73. The van der Waals surface area contributed by atoms with Crippen LogP contribution in [0.1, 0.15) is 21.6 Å². The summed E-state index contributed by atoms with van der Waals surface area (Å²) in [5, 5.41) is 9.81. The lowest BCUT2D eigenvalue weighted by Crippen LogP contribution is -2.33. The van der Waals surface area contributed by atoms with Crippen LogP contribution in [0.25, 0.3) is 0 Å². The van der Waals surface area contributed by atoms with Gasteiger partial charge in [0.25, 0.3) is 0 Å². The van der Waals surface area contributed by atoms with E-state index in [1.807, 2.05) is 0 Å². The summed E-state index contributed by atoms with van der Waals surface area (Å²) in [6.45, 7) is 0. The van der Waals surface area contributed by atoms with Gasteiger partial charge in [-0.15, -0.1) is 11.3 Å². The molecule has 0 unspecified atom stereocenters. The molecule has 0 spiro atoms. The summed E-state index contributed by atoms with van der Waals surface area (Å²) in [6.07, 6.45) is -4.50. The summed E-state index contributed by atoms with van der Waals surface area (Å²) in [7, 11) is 1.25. The van der Waals surface area contributed by atoms with Gasteiger partial charge in [0.1, 0.15) is 17.5 Å². The van der Waals surface area contributed by atoms with Crippen molar-refractivity contribution in [2.75, 3.05) is 7.11 Å². The average Bonchev–Trinajstić information content (AvgIpc) is 3.05. The molecule has 1 heterocycles. The van der Waals surface area contributed by atoms with Gasteiger partial charge >= 0.3 is 12.1 Å². The number of aromatic amines is 1. The number of thiazole rings is 1. The van der Waals surface area contributed by atoms with Gasteiger partial charge in [-0.25, -0.2) is 0 Å². The van der Waals surface area contributed by atoms with Gasteiger partial charge in [0.2, 0.25) is 5.88 Å². The molecule has 1 atom stereocenters. The second-order valence-corrected chi connectivity index (χ2v) is 8.63. The van der Waals surface area contributed by atoms with Gasteiger partial charge in [0.15, 0.2) is 3.95 Å². The van der Waals surface area contributed by atoms with Crippen LogP contribution in [0.2, 0.25) is 0 Å². The topological polar surface area (TPSA) is 97.6 Å². The molecular formula is C21H19F3N2O4S2. The van der Waals surface area contributed by atoms with Gasteiger partial charge in [-0.3, -0.25) is 4.79 Å². The van der Waals surface area contributed by atoms with E-state index in [9.17, 15) is 23.1 Å². The molecule has 3 aromatic rings. The number of methoxy groups -OCH3 is 1. The monoisotopic (exact) mass is 484 g/mol. The zero-order valence-electron chi connectivity index (χ0n) is 16.7. The molecule has 0 fully saturated rings. The molecule has 3 rings (SSSR count). The van der Waals surface area contributed by atoms with Crippen LogP contribution >= 0.6 is 23.6 Å². The molecule has 32 heavy (non-hydrogen) atoms. The van der Waals surface area contributed by atoms with Gasteiger partial charge in [0, 0.05) is 6.42 Å². The largest absolute Gasteiger partial charge is 0.494 e. The maximum atomic E-state index is 13.7. The summed E-state index contributed by atoms with van der Waals surface area (Å²) in [5.74, 6) is -0.447. The van der Waals surface area contributed by atoms with E-state index in [1.165, 1.54) is 19.2 Å². The number of carbonyl (C=O) groups excluding carboxylic acids is 1. The van der Waals surface area contributed by atoms with Crippen molar-refractivity contribution < 1.29 is 32.5 Å². The van der Waals surface area contributed by atoms with Crippen LogP contribution in [0.5, 0.6) is 17.4 Å². The zero-order valence-corrected chi connectivity index (χ0v) is 18.4. The standard InChI is InChI=1S/C21H19F3N2O4S2/c1-29-19(28)16(25)8-11-2-5-13(6-3-11)30-14-7-4-12(15(10-14)21(22,23)24)9-17-18(27)26-20(31)32-17/h2-7,10,16,27H,8-9,25H2,1H3,(H,26,31)/t16-/m0/s1. The zero-order chi connectivity index (χ0) is 23.5. The van der Waals surface area contributed by atoms with Crippen LogP contribution in [0.4, 0.5) is 13.2 Å². The third-order valence-electron chi connectivity index (χ3n) is 4.56. The number of alkyl halides is 3. The predicted octanol–water partition coefficient (Wildman–Crippen LogP) is 4.96. The second-order valence-electron chi connectivity index (χ2n) is 6.86. The van der Waals surface area contributed by atoms with Crippen molar-refractivity contribution in [3.8, 4) is 17.4 Å². The number of aromatic nitrogens is 1. The Bertz CT molecular complexity index is 1160. The lowest BCUT2D eigenvalue weighted by molar-refractivity contribution is -0.142. The number of hydrogen-bond acceptors (Lipinski definition) is 7. The SMILES string of the molecule is COC(=O)[C@@H](N)Cc1ccc(Oc2ccc(Cc3sc(=S)[nH]c3O)c(C(F)(F)F)c2)cc1. The number of nitrogens with two attached hydrogens (primary N) is 1. The Morgan fingerprint density at radius 1 is 1.22 bits per heavy atom. The first-order valence-corrected chi connectivity index (χ1v) is 10.5. The fourth-order valence-corrected chi connectivity index (χ4v) is 4.15. The number of ether oxygens (including phenoxy) is 2. The Balaban J connectivity index is 1.79. The lowest BCUT2D eigenvalue weighted by Gasteiger charge is -2.15. The fraction of sp³-hybridized carbons (Fsp3) is 0.238. The third kappa shape index (κ3) is 5.87. The minimum atomic E-state index is -4.62. The van der Waals surface area contributed by atoms with Crippen LogP contribution in [0.15, 0.2) is 42.5 Å². The Morgan fingerprint density at radius 3 is 2.44 bits per heavy atom. The summed E-state index contributed by atoms with van der Waals surface area (Å²) in [6, 6.07) is 9.32. The molecule has 0 radical (unpaired) electrons. The van der Waals surface area contributed by atoms with Crippen molar-refractivity contribution in [1.82, 2.24) is 4.98 Å². The molecule has 0 saturated heterocycles. The highest BCUT2D eigenvalue weighted by Gasteiger charge is 2.34. The molecule has 1 aromatic heterocycles. The van der Waals surface area contributed by atoms with Gasteiger partial charge in [-0.2, -0.15) is 13.2 Å². The molecule has 0 saturated carbocycles. The smallest absolute Gasteiger partial charge is 0.416 e. The first-order valence-electron chi connectivity index (χ1n) is 9.28. The third-order valence-corrected chi connectivity index (χ3v) is 5.78. The summed E-state index contributed by atoms with van der Waals surface area (Å²) < 4.78 is 51.4. The molecule has 11 heteroatoms. The van der Waals surface area contributed by atoms with E-state index in [0.717, 1.165) is 23.0 Å². The molecule has 170 valence electrons. The normalized spacial score (nSPS) is 12.4. The molecule has 6 nitrogen and oxygen atoms in total. The Morgan fingerprint density at radius 2 is 1.88 bits per heavy atom. The van der Waals surface area contributed by atoms with Gasteiger partial charge in [0.05, 0.1) is 17.6 Å². The Labute approximate surface area is 190 Å². The summed E-state index contributed by atoms with van der Waals surface area (Å²) in [5.41, 5.74) is 5.59. The number of esters is 1. The number of benzene rings is 2. The van der Waals surface area contributed by atoms with Crippen LogP contribution in [-0.4, -0.2) is 29.2 Å². The molecule has 0 aliphatic heterocycles. The minimum absolute atomic E-state index is 0.00556. The van der Waals surface area contributed by atoms with Crippen LogP contribution in [0.3, 0.4) is 0 Å². The van der Waals surface area contributed by atoms with E-state index in [-0.39, 0.29) is 34.0 Å². The number of hydrogen-bond donors (Lipinski definition) is 3. The Kier molecular flexibility index (Phi) is 7.22. The number of nitrogens with one attached hydrogen (secondary N) is 1. The second kappa shape index (κ2) is 9.72. The van der Waals surface area contributed by atoms with E-state index in [1.54, 1.807) is 24.3 Å². The van der Waals surface area contributed by atoms with E-state index in [2.05, 4.69) is 9.72 Å². The van der Waals surface area contributed by atoms with E-state index in [4.69, 9.17) is 22.7 Å². The summed E-state index contributed by atoms with van der Waals surface area (Å²) >= 11 is 5.94. The minimum Gasteiger partial charge on any atom is -0.494 e. The molecular weight excluding hydrogens is 465 g/mol. The number of halogens is 3. The van der Waals surface area contributed by atoms with Crippen molar-refractivity contribution in [1.29, 1.82) is 0 Å². The van der Waals surface area contributed by atoms with E-state index in [0.29, 0.717) is 10.6 Å².